The zero-order valence-electron chi connectivity index (χ0n) is 12.8. The zero-order valence-corrected chi connectivity index (χ0v) is 12.8. The maximum Gasteiger partial charge on any atom is 0.254 e. The standard InChI is InChI=1S/C18H15N5O/c24-17(19-10-13-6-2-1-3-7-13)14-11-20-23(12-14)18-21-15-8-4-5-9-16(15)22-18/h1-9,11-12H,10H2,(H,19,24)(H,21,22). The van der Waals surface area contributed by atoms with Crippen LogP contribution in [0.4, 0.5) is 0 Å². The van der Waals surface area contributed by atoms with Gasteiger partial charge in [0.25, 0.3) is 5.91 Å². The molecule has 2 N–H and O–H groups in total. The first kappa shape index (κ1) is 14.2. The van der Waals surface area contributed by atoms with Crippen LogP contribution >= 0.6 is 0 Å². The summed E-state index contributed by atoms with van der Waals surface area (Å²) in [6.45, 7) is 0.482. The number of nitrogens with one attached hydrogen (secondary N) is 2. The van der Waals surface area contributed by atoms with E-state index in [-0.39, 0.29) is 5.91 Å². The number of carbonyl (C=O) groups is 1. The lowest BCUT2D eigenvalue weighted by atomic mass is 10.2. The Morgan fingerprint density at radius 3 is 2.71 bits per heavy atom. The maximum absolute atomic E-state index is 12.2. The number of H-pyrrole nitrogens is 1. The molecular weight excluding hydrogens is 302 g/mol. The van der Waals surface area contributed by atoms with Crippen LogP contribution < -0.4 is 5.32 Å². The smallest absolute Gasteiger partial charge is 0.254 e. The largest absolute Gasteiger partial charge is 0.348 e. The second-order valence-corrected chi connectivity index (χ2v) is 5.42. The van der Waals surface area contributed by atoms with Crippen LogP contribution in [0, 0.1) is 0 Å². The predicted octanol–water partition coefficient (Wildman–Crippen LogP) is 2.68. The van der Waals surface area contributed by atoms with Gasteiger partial charge >= 0.3 is 0 Å². The van der Waals surface area contributed by atoms with Crippen LogP contribution in [0.1, 0.15) is 15.9 Å². The molecule has 0 fully saturated rings. The lowest BCUT2D eigenvalue weighted by Gasteiger charge is -2.03. The molecule has 0 spiro atoms. The minimum Gasteiger partial charge on any atom is -0.348 e. The second kappa shape index (κ2) is 6.00. The van der Waals surface area contributed by atoms with Gasteiger partial charge in [0.15, 0.2) is 0 Å². The van der Waals surface area contributed by atoms with Crippen molar-refractivity contribution in [2.24, 2.45) is 0 Å². The minimum atomic E-state index is -0.166. The zero-order chi connectivity index (χ0) is 16.4. The fourth-order valence-corrected chi connectivity index (χ4v) is 2.48. The van der Waals surface area contributed by atoms with Gasteiger partial charge in [0, 0.05) is 12.7 Å². The molecule has 6 heteroatoms. The van der Waals surface area contributed by atoms with Crippen LogP contribution in [0.25, 0.3) is 17.0 Å². The Morgan fingerprint density at radius 1 is 1.08 bits per heavy atom. The molecule has 24 heavy (non-hydrogen) atoms. The summed E-state index contributed by atoms with van der Waals surface area (Å²) in [5, 5.41) is 7.10. The summed E-state index contributed by atoms with van der Waals surface area (Å²) < 4.78 is 1.57. The van der Waals surface area contributed by atoms with Crippen molar-refractivity contribution in [3.8, 4) is 5.95 Å². The third-order valence-corrected chi connectivity index (χ3v) is 3.73. The Morgan fingerprint density at radius 2 is 1.88 bits per heavy atom. The van der Waals surface area contributed by atoms with Crippen LogP contribution in [0.2, 0.25) is 0 Å². The van der Waals surface area contributed by atoms with Crippen LogP contribution in [-0.4, -0.2) is 25.7 Å². The summed E-state index contributed by atoms with van der Waals surface area (Å²) in [5.74, 6) is 0.416. The van der Waals surface area contributed by atoms with Crippen molar-refractivity contribution < 1.29 is 4.79 Å². The molecule has 118 valence electrons. The van der Waals surface area contributed by atoms with Crippen molar-refractivity contribution in [2.75, 3.05) is 0 Å². The van der Waals surface area contributed by atoms with Gasteiger partial charge in [0.2, 0.25) is 5.95 Å². The Hall–Kier alpha value is -3.41. The molecule has 2 aromatic heterocycles. The number of hydrogen-bond donors (Lipinski definition) is 2. The highest BCUT2D eigenvalue weighted by atomic mass is 16.1. The molecule has 6 nitrogen and oxygen atoms in total. The minimum absolute atomic E-state index is 0.166. The van der Waals surface area contributed by atoms with E-state index >= 15 is 0 Å². The SMILES string of the molecule is O=C(NCc1ccccc1)c1cnn(-c2nc3ccccc3[nH]2)c1. The molecule has 2 aromatic carbocycles. The molecule has 0 saturated carbocycles. The van der Waals surface area contributed by atoms with Crippen LogP contribution in [0.5, 0.6) is 0 Å². The Kier molecular flexibility index (Phi) is 3.55. The van der Waals surface area contributed by atoms with E-state index in [9.17, 15) is 4.79 Å². The van der Waals surface area contributed by atoms with E-state index in [0.717, 1.165) is 16.6 Å². The van der Waals surface area contributed by atoms with Crippen LogP contribution in [0.15, 0.2) is 67.0 Å². The molecule has 0 aliphatic heterocycles. The Labute approximate surface area is 138 Å². The van der Waals surface area contributed by atoms with Crippen LogP contribution in [0.3, 0.4) is 0 Å². The van der Waals surface area contributed by atoms with E-state index in [1.807, 2.05) is 54.6 Å². The first-order valence-corrected chi connectivity index (χ1v) is 7.61. The molecule has 0 radical (unpaired) electrons. The Balaban J connectivity index is 1.50. The molecule has 1 amide bonds. The molecule has 0 atom stereocenters. The van der Waals surface area contributed by atoms with Gasteiger partial charge in [-0.2, -0.15) is 5.10 Å². The number of rotatable bonds is 4. The molecule has 0 aliphatic carbocycles. The Bertz CT molecular complexity index is 954. The molecule has 4 aromatic rings. The van der Waals surface area contributed by atoms with E-state index in [2.05, 4.69) is 20.4 Å². The lowest BCUT2D eigenvalue weighted by Crippen LogP contribution is -2.22. The fourth-order valence-electron chi connectivity index (χ4n) is 2.48. The summed E-state index contributed by atoms with van der Waals surface area (Å²) in [5.41, 5.74) is 3.33. The van der Waals surface area contributed by atoms with Crippen molar-refractivity contribution in [3.63, 3.8) is 0 Å². The first-order valence-electron chi connectivity index (χ1n) is 7.61. The fraction of sp³-hybridized carbons (Fsp3) is 0.0556. The van der Waals surface area contributed by atoms with Gasteiger partial charge in [0.1, 0.15) is 0 Å². The van der Waals surface area contributed by atoms with Gasteiger partial charge in [-0.1, -0.05) is 42.5 Å². The number of hydrogen-bond acceptors (Lipinski definition) is 3. The average molecular weight is 317 g/mol. The summed E-state index contributed by atoms with van der Waals surface area (Å²) >= 11 is 0. The highest BCUT2D eigenvalue weighted by molar-refractivity contribution is 5.93. The number of imidazole rings is 1. The van der Waals surface area contributed by atoms with Gasteiger partial charge in [-0.25, -0.2) is 9.67 Å². The van der Waals surface area contributed by atoms with E-state index in [1.165, 1.54) is 6.20 Å². The van der Waals surface area contributed by atoms with Gasteiger partial charge < -0.3 is 10.3 Å². The number of para-hydroxylation sites is 2. The number of aromatic nitrogens is 4. The predicted molar refractivity (Wildman–Crippen MR) is 90.8 cm³/mol. The molecular formula is C18H15N5O. The molecule has 0 bridgehead atoms. The topological polar surface area (TPSA) is 75.6 Å². The van der Waals surface area contributed by atoms with Crippen molar-refractivity contribution in [1.82, 2.24) is 25.1 Å². The average Bonchev–Trinajstić information content (AvgIpc) is 3.27. The number of amides is 1. The third-order valence-electron chi connectivity index (χ3n) is 3.73. The molecule has 0 saturated heterocycles. The van der Waals surface area contributed by atoms with Crippen LogP contribution in [-0.2, 0) is 6.54 Å². The van der Waals surface area contributed by atoms with Crippen molar-refractivity contribution in [3.05, 3.63) is 78.1 Å². The second-order valence-electron chi connectivity index (χ2n) is 5.42. The first-order chi connectivity index (χ1) is 11.8. The highest BCUT2D eigenvalue weighted by Gasteiger charge is 2.11. The number of benzene rings is 2. The number of fused-ring (bicyclic) bond motifs is 1. The van der Waals surface area contributed by atoms with E-state index in [1.54, 1.807) is 10.9 Å². The quantitative estimate of drug-likeness (QED) is 0.607. The highest BCUT2D eigenvalue weighted by Crippen LogP contribution is 2.13. The number of carbonyl (C=O) groups excluding carboxylic acids is 1. The third kappa shape index (κ3) is 2.77. The summed E-state index contributed by atoms with van der Waals surface area (Å²) in [4.78, 5) is 19.9. The van der Waals surface area contributed by atoms with Crippen molar-refractivity contribution in [2.45, 2.75) is 6.54 Å². The van der Waals surface area contributed by atoms with Gasteiger partial charge in [-0.05, 0) is 17.7 Å². The molecule has 0 unspecified atom stereocenters. The lowest BCUT2D eigenvalue weighted by molar-refractivity contribution is 0.0951. The summed E-state index contributed by atoms with van der Waals surface area (Å²) in [6, 6.07) is 17.5. The molecule has 2 heterocycles. The molecule has 0 aliphatic rings. The van der Waals surface area contributed by atoms with E-state index in [0.29, 0.717) is 18.1 Å². The van der Waals surface area contributed by atoms with Crippen molar-refractivity contribution in [1.29, 1.82) is 0 Å². The van der Waals surface area contributed by atoms with Gasteiger partial charge in [0.05, 0.1) is 22.8 Å². The van der Waals surface area contributed by atoms with Gasteiger partial charge in [-0.3, -0.25) is 4.79 Å². The van der Waals surface area contributed by atoms with Gasteiger partial charge in [-0.15, -0.1) is 0 Å². The summed E-state index contributed by atoms with van der Waals surface area (Å²) in [6.07, 6.45) is 3.20. The number of nitrogens with zero attached hydrogens (tertiary/aromatic N) is 3. The van der Waals surface area contributed by atoms with E-state index in [4.69, 9.17) is 0 Å². The maximum atomic E-state index is 12.2. The monoisotopic (exact) mass is 317 g/mol. The normalized spacial score (nSPS) is 10.8. The van der Waals surface area contributed by atoms with E-state index < -0.39 is 0 Å². The number of aromatic amines is 1. The van der Waals surface area contributed by atoms with Crippen molar-refractivity contribution >= 4 is 16.9 Å². The molecule has 4 rings (SSSR count). The summed E-state index contributed by atoms with van der Waals surface area (Å²) in [7, 11) is 0.